The number of methoxy groups -OCH3 is 1. The number of hydrogen-bond acceptors (Lipinski definition) is 5. The maximum absolute atomic E-state index is 5.91. The number of pyridine rings is 1. The van der Waals surface area contributed by atoms with Crippen LogP contribution in [-0.4, -0.2) is 63.4 Å². The van der Waals surface area contributed by atoms with Crippen LogP contribution in [0.25, 0.3) is 10.9 Å². The zero-order valence-corrected chi connectivity index (χ0v) is 14.4. The van der Waals surface area contributed by atoms with Crippen LogP contribution < -0.4 is 9.64 Å². The quantitative estimate of drug-likeness (QED) is 0.865. The number of nitrogens with zero attached hydrogens (tertiary/aromatic N) is 3. The molecule has 3 rings (SSSR count). The molecule has 0 saturated carbocycles. The van der Waals surface area contributed by atoms with Gasteiger partial charge in [0.1, 0.15) is 11.3 Å². The smallest absolute Gasteiger partial charge is 0.145 e. The number of para-hydroxylation sites is 1. The second kappa shape index (κ2) is 6.72. The number of benzene rings is 1. The molecule has 0 bridgehead atoms. The van der Waals surface area contributed by atoms with E-state index in [0.29, 0.717) is 0 Å². The van der Waals surface area contributed by atoms with Crippen LogP contribution in [0.1, 0.15) is 5.56 Å². The van der Waals surface area contributed by atoms with Crippen LogP contribution in [0.15, 0.2) is 24.4 Å². The fraction of sp³-hybridized carbons (Fsp3) is 0.500. The molecule has 1 unspecified atom stereocenters. The second-order valence-electron chi connectivity index (χ2n) is 6.35. The number of ether oxygens (including phenoxy) is 2. The van der Waals surface area contributed by atoms with Gasteiger partial charge in [0, 0.05) is 31.2 Å². The predicted octanol–water partition coefficient (Wildman–Crippen LogP) is 2.32. The highest BCUT2D eigenvalue weighted by molar-refractivity contribution is 5.96. The molecule has 0 spiro atoms. The van der Waals surface area contributed by atoms with Crippen molar-refractivity contribution in [1.82, 2.24) is 9.88 Å². The van der Waals surface area contributed by atoms with Gasteiger partial charge in [0.05, 0.1) is 25.5 Å². The number of anilines is 1. The average Bonchev–Trinajstić information content (AvgIpc) is 2.53. The normalized spacial score (nSPS) is 18.7. The van der Waals surface area contributed by atoms with E-state index < -0.39 is 0 Å². The van der Waals surface area contributed by atoms with Gasteiger partial charge in [-0.3, -0.25) is 4.98 Å². The van der Waals surface area contributed by atoms with E-state index >= 15 is 0 Å². The summed E-state index contributed by atoms with van der Waals surface area (Å²) in [5.74, 6) is 0.821. The van der Waals surface area contributed by atoms with E-state index in [0.717, 1.165) is 42.9 Å². The lowest BCUT2D eigenvalue weighted by Gasteiger charge is -2.37. The highest BCUT2D eigenvalue weighted by Gasteiger charge is 2.24. The molecule has 0 radical (unpaired) electrons. The molecular formula is C18H25N3O2. The van der Waals surface area contributed by atoms with Gasteiger partial charge in [0.15, 0.2) is 0 Å². The summed E-state index contributed by atoms with van der Waals surface area (Å²) >= 11 is 0. The average molecular weight is 315 g/mol. The molecule has 1 saturated heterocycles. The lowest BCUT2D eigenvalue weighted by atomic mass is 10.1. The molecule has 0 aliphatic carbocycles. The van der Waals surface area contributed by atoms with E-state index in [1.807, 2.05) is 18.3 Å². The first kappa shape index (κ1) is 16.0. The van der Waals surface area contributed by atoms with Crippen LogP contribution in [0, 0.1) is 6.92 Å². The SMILES string of the molecule is COc1cccc2c(N3CCOC(CN(C)C)C3)c(C)cnc12. The van der Waals surface area contributed by atoms with Gasteiger partial charge in [-0.25, -0.2) is 0 Å². The third kappa shape index (κ3) is 3.26. The fourth-order valence-electron chi connectivity index (χ4n) is 3.31. The Morgan fingerprint density at radius 1 is 1.39 bits per heavy atom. The van der Waals surface area contributed by atoms with Gasteiger partial charge in [0.25, 0.3) is 0 Å². The monoisotopic (exact) mass is 315 g/mol. The molecule has 2 heterocycles. The zero-order valence-electron chi connectivity index (χ0n) is 14.4. The number of morpholine rings is 1. The molecule has 5 heteroatoms. The van der Waals surface area contributed by atoms with Crippen molar-refractivity contribution >= 4 is 16.6 Å². The van der Waals surface area contributed by atoms with Gasteiger partial charge in [0.2, 0.25) is 0 Å². The minimum atomic E-state index is 0.229. The molecule has 0 N–H and O–H groups in total. The Hall–Kier alpha value is -1.85. The van der Waals surface area contributed by atoms with Gasteiger partial charge in [-0.05, 0) is 32.6 Å². The van der Waals surface area contributed by atoms with Crippen molar-refractivity contribution in [3.05, 3.63) is 30.0 Å². The van der Waals surface area contributed by atoms with Crippen molar-refractivity contribution in [3.8, 4) is 5.75 Å². The van der Waals surface area contributed by atoms with Crippen LogP contribution in [0.4, 0.5) is 5.69 Å². The molecule has 1 aromatic heterocycles. The fourth-order valence-corrected chi connectivity index (χ4v) is 3.31. The molecule has 1 aliphatic rings. The predicted molar refractivity (Wildman–Crippen MR) is 93.5 cm³/mol. The Kier molecular flexibility index (Phi) is 4.68. The van der Waals surface area contributed by atoms with Gasteiger partial charge in [-0.2, -0.15) is 0 Å². The van der Waals surface area contributed by atoms with Gasteiger partial charge < -0.3 is 19.3 Å². The first-order chi connectivity index (χ1) is 11.1. The Morgan fingerprint density at radius 2 is 2.22 bits per heavy atom. The standard InChI is InChI=1S/C18H25N3O2/c1-13-10-19-17-15(6-5-7-16(17)22-4)18(13)21-8-9-23-14(12-21)11-20(2)3/h5-7,10,14H,8-9,11-12H2,1-4H3. The van der Waals surface area contributed by atoms with Crippen LogP contribution in [0.5, 0.6) is 5.75 Å². The minimum absolute atomic E-state index is 0.229. The van der Waals surface area contributed by atoms with Crippen LogP contribution >= 0.6 is 0 Å². The molecule has 23 heavy (non-hydrogen) atoms. The number of rotatable bonds is 4. The van der Waals surface area contributed by atoms with E-state index in [2.05, 4.69) is 41.9 Å². The van der Waals surface area contributed by atoms with E-state index in [4.69, 9.17) is 9.47 Å². The summed E-state index contributed by atoms with van der Waals surface area (Å²) in [7, 11) is 5.86. The van der Waals surface area contributed by atoms with E-state index in [1.165, 1.54) is 11.3 Å². The van der Waals surface area contributed by atoms with Crippen LogP contribution in [0.2, 0.25) is 0 Å². The third-order valence-corrected chi connectivity index (χ3v) is 4.26. The molecule has 1 fully saturated rings. The van der Waals surface area contributed by atoms with E-state index in [9.17, 15) is 0 Å². The Balaban J connectivity index is 2.00. The maximum atomic E-state index is 5.91. The van der Waals surface area contributed by atoms with Gasteiger partial charge in [-0.1, -0.05) is 12.1 Å². The number of hydrogen-bond donors (Lipinski definition) is 0. The molecular weight excluding hydrogens is 290 g/mol. The number of fused-ring (bicyclic) bond motifs is 1. The number of likely N-dealkylation sites (N-methyl/N-ethyl adjacent to an activating group) is 1. The summed E-state index contributed by atoms with van der Waals surface area (Å²) < 4.78 is 11.4. The summed E-state index contributed by atoms with van der Waals surface area (Å²) in [6.07, 6.45) is 2.17. The molecule has 5 nitrogen and oxygen atoms in total. The third-order valence-electron chi connectivity index (χ3n) is 4.26. The van der Waals surface area contributed by atoms with Crippen molar-refractivity contribution in [2.24, 2.45) is 0 Å². The Bertz CT molecular complexity index is 687. The first-order valence-corrected chi connectivity index (χ1v) is 8.03. The van der Waals surface area contributed by atoms with Crippen molar-refractivity contribution in [2.45, 2.75) is 13.0 Å². The summed E-state index contributed by atoms with van der Waals surface area (Å²) in [6.45, 7) is 5.61. The number of aromatic nitrogens is 1. The molecule has 0 amide bonds. The highest BCUT2D eigenvalue weighted by Crippen LogP contribution is 2.34. The summed E-state index contributed by atoms with van der Waals surface area (Å²) in [6, 6.07) is 6.12. The Morgan fingerprint density at radius 3 is 2.96 bits per heavy atom. The molecule has 1 aliphatic heterocycles. The van der Waals surface area contributed by atoms with Crippen molar-refractivity contribution in [3.63, 3.8) is 0 Å². The van der Waals surface area contributed by atoms with E-state index in [1.54, 1.807) is 7.11 Å². The zero-order chi connectivity index (χ0) is 16.4. The lowest BCUT2D eigenvalue weighted by molar-refractivity contribution is 0.0248. The van der Waals surface area contributed by atoms with Crippen molar-refractivity contribution in [1.29, 1.82) is 0 Å². The topological polar surface area (TPSA) is 37.8 Å². The largest absolute Gasteiger partial charge is 0.494 e. The van der Waals surface area contributed by atoms with E-state index in [-0.39, 0.29) is 6.10 Å². The lowest BCUT2D eigenvalue weighted by Crippen LogP contribution is -2.46. The van der Waals surface area contributed by atoms with Gasteiger partial charge >= 0.3 is 0 Å². The Labute approximate surface area is 137 Å². The van der Waals surface area contributed by atoms with Crippen molar-refractivity contribution < 1.29 is 9.47 Å². The molecule has 2 aromatic rings. The molecule has 1 atom stereocenters. The molecule has 1 aromatic carbocycles. The van der Waals surface area contributed by atoms with Gasteiger partial charge in [-0.15, -0.1) is 0 Å². The van der Waals surface area contributed by atoms with Crippen molar-refractivity contribution in [2.75, 3.05) is 52.3 Å². The maximum Gasteiger partial charge on any atom is 0.145 e. The minimum Gasteiger partial charge on any atom is -0.494 e. The summed E-state index contributed by atoms with van der Waals surface area (Å²) in [5.41, 5.74) is 3.36. The van der Waals surface area contributed by atoms with Crippen LogP contribution in [0.3, 0.4) is 0 Å². The van der Waals surface area contributed by atoms with Crippen LogP contribution in [-0.2, 0) is 4.74 Å². The highest BCUT2D eigenvalue weighted by atomic mass is 16.5. The summed E-state index contributed by atoms with van der Waals surface area (Å²) in [4.78, 5) is 9.19. The second-order valence-corrected chi connectivity index (χ2v) is 6.35. The first-order valence-electron chi connectivity index (χ1n) is 8.03. The molecule has 124 valence electrons. The number of aryl methyl sites for hydroxylation is 1. The summed E-state index contributed by atoms with van der Waals surface area (Å²) in [5, 5.41) is 1.15.